The van der Waals surface area contributed by atoms with Crippen molar-refractivity contribution in [3.8, 4) is 16.9 Å². The first-order valence-corrected chi connectivity index (χ1v) is 9.10. The third-order valence-corrected chi connectivity index (χ3v) is 4.67. The maximum Gasteiger partial charge on any atom is 0.119 e. The van der Waals surface area contributed by atoms with Crippen molar-refractivity contribution in [2.75, 3.05) is 46.2 Å². The summed E-state index contributed by atoms with van der Waals surface area (Å²) in [5.41, 5.74) is 5.84. The van der Waals surface area contributed by atoms with Crippen LogP contribution in [0.15, 0.2) is 48.8 Å². The van der Waals surface area contributed by atoms with Gasteiger partial charge in [0.2, 0.25) is 0 Å². The zero-order valence-corrected chi connectivity index (χ0v) is 16.5. The Hall–Kier alpha value is -2.79. The van der Waals surface area contributed by atoms with Crippen molar-refractivity contribution in [3.05, 3.63) is 66.0 Å². The van der Waals surface area contributed by atoms with Crippen molar-refractivity contribution in [1.82, 2.24) is 15.1 Å². The molecule has 0 saturated heterocycles. The predicted molar refractivity (Wildman–Crippen MR) is 110 cm³/mol. The number of methoxy groups -OCH3 is 1. The Kier molecular flexibility index (Phi) is 6.14. The van der Waals surface area contributed by atoms with Crippen LogP contribution in [0.4, 0.5) is 5.69 Å². The number of ether oxygens (including phenoxy) is 1. The largest absolute Gasteiger partial charge is 0.497 e. The number of anilines is 1. The van der Waals surface area contributed by atoms with E-state index in [0.29, 0.717) is 0 Å². The van der Waals surface area contributed by atoms with E-state index >= 15 is 0 Å². The van der Waals surface area contributed by atoms with Crippen LogP contribution < -0.4 is 9.64 Å². The van der Waals surface area contributed by atoms with Crippen molar-refractivity contribution < 1.29 is 4.74 Å². The van der Waals surface area contributed by atoms with E-state index in [4.69, 9.17) is 4.74 Å². The summed E-state index contributed by atoms with van der Waals surface area (Å²) in [5, 5.41) is 7.06. The molecule has 0 unspecified atom stereocenters. The molecule has 27 heavy (non-hydrogen) atoms. The van der Waals surface area contributed by atoms with Gasteiger partial charge in [-0.05, 0) is 42.9 Å². The molecule has 0 fully saturated rings. The maximum absolute atomic E-state index is 5.40. The molecule has 0 spiro atoms. The van der Waals surface area contributed by atoms with Crippen molar-refractivity contribution in [1.29, 1.82) is 0 Å². The number of aromatic nitrogens is 2. The fourth-order valence-electron chi connectivity index (χ4n) is 3.16. The van der Waals surface area contributed by atoms with Gasteiger partial charge in [-0.25, -0.2) is 0 Å². The molecule has 0 bridgehead atoms. The van der Waals surface area contributed by atoms with Gasteiger partial charge in [0.15, 0.2) is 0 Å². The molecule has 5 heteroatoms. The topological polar surface area (TPSA) is 44.4 Å². The van der Waals surface area contributed by atoms with E-state index in [-0.39, 0.29) is 0 Å². The number of nitrogens with zero attached hydrogens (tertiary/aromatic N) is 3. The maximum atomic E-state index is 5.40. The second-order valence-corrected chi connectivity index (χ2v) is 6.96. The number of likely N-dealkylation sites (N-methyl/N-ethyl adjacent to an activating group) is 2. The van der Waals surface area contributed by atoms with Crippen LogP contribution in [0.3, 0.4) is 0 Å². The normalized spacial score (nSPS) is 11.0. The molecule has 0 atom stereocenters. The number of hydrogen-bond donors (Lipinski definition) is 1. The molecule has 1 aromatic heterocycles. The Morgan fingerprint density at radius 1 is 1.15 bits per heavy atom. The standard InChI is InChI=1S/C22H27N4O/c1-25(2)11-12-26(3)22-10-6-9-20(18-15-23-24-16-18)21(22)14-17-7-5-8-19(13-17)27-4/h5-9,13,15-16H,11-12,14H2,1-4H3,(H,23,24). The lowest BCUT2D eigenvalue weighted by Crippen LogP contribution is -2.29. The van der Waals surface area contributed by atoms with Crippen LogP contribution in [0.1, 0.15) is 11.1 Å². The molecule has 0 aliphatic carbocycles. The van der Waals surface area contributed by atoms with Gasteiger partial charge in [0, 0.05) is 50.1 Å². The van der Waals surface area contributed by atoms with Crippen molar-refractivity contribution >= 4 is 5.69 Å². The van der Waals surface area contributed by atoms with E-state index in [1.165, 1.54) is 16.7 Å². The molecule has 2 aromatic carbocycles. The molecular weight excluding hydrogens is 336 g/mol. The third kappa shape index (κ3) is 4.68. The van der Waals surface area contributed by atoms with E-state index in [0.717, 1.165) is 36.5 Å². The number of rotatable bonds is 8. The highest BCUT2D eigenvalue weighted by Gasteiger charge is 2.15. The van der Waals surface area contributed by atoms with Crippen molar-refractivity contribution in [3.63, 3.8) is 0 Å². The van der Waals surface area contributed by atoms with Gasteiger partial charge in [-0.15, -0.1) is 0 Å². The van der Waals surface area contributed by atoms with E-state index < -0.39 is 0 Å². The first-order valence-electron chi connectivity index (χ1n) is 9.10. The highest BCUT2D eigenvalue weighted by molar-refractivity contribution is 5.74. The van der Waals surface area contributed by atoms with Crippen molar-refractivity contribution in [2.45, 2.75) is 6.42 Å². The first kappa shape index (κ1) is 19.0. The van der Waals surface area contributed by atoms with Gasteiger partial charge in [0.25, 0.3) is 0 Å². The Labute approximate surface area is 161 Å². The lowest BCUT2D eigenvalue weighted by Gasteiger charge is -2.25. The highest BCUT2D eigenvalue weighted by Crippen LogP contribution is 2.32. The Balaban J connectivity index is 2.01. The zero-order chi connectivity index (χ0) is 19.2. The average molecular weight is 363 g/mol. The summed E-state index contributed by atoms with van der Waals surface area (Å²) in [4.78, 5) is 4.47. The predicted octanol–water partition coefficient (Wildman–Crippen LogP) is 3.47. The van der Waals surface area contributed by atoms with Gasteiger partial charge in [-0.2, -0.15) is 5.10 Å². The van der Waals surface area contributed by atoms with Crippen LogP contribution in [-0.4, -0.2) is 56.4 Å². The monoisotopic (exact) mass is 363 g/mol. The number of hydrogen-bond acceptors (Lipinski definition) is 4. The van der Waals surface area contributed by atoms with Gasteiger partial charge in [0.1, 0.15) is 5.75 Å². The SMILES string of the molecule is COc1cccc(Cc2c(N(C)CCN(C)C)[c]ccc2-c2cn[nH]c2)c1. The van der Waals surface area contributed by atoms with Crippen LogP contribution in [0.5, 0.6) is 5.75 Å². The van der Waals surface area contributed by atoms with E-state index in [1.54, 1.807) is 7.11 Å². The molecule has 141 valence electrons. The first-order chi connectivity index (χ1) is 13.1. The fourth-order valence-corrected chi connectivity index (χ4v) is 3.16. The van der Waals surface area contributed by atoms with E-state index in [2.05, 4.69) is 65.4 Å². The second-order valence-electron chi connectivity index (χ2n) is 6.96. The zero-order valence-electron chi connectivity index (χ0n) is 16.5. The van der Waals surface area contributed by atoms with Crippen LogP contribution in [0, 0.1) is 6.07 Å². The summed E-state index contributed by atoms with van der Waals surface area (Å²) < 4.78 is 5.40. The third-order valence-electron chi connectivity index (χ3n) is 4.67. The molecule has 0 aliphatic rings. The minimum absolute atomic E-state index is 0.802. The Bertz CT molecular complexity index is 859. The van der Waals surface area contributed by atoms with Crippen molar-refractivity contribution in [2.24, 2.45) is 0 Å². The molecule has 3 aromatic rings. The van der Waals surface area contributed by atoms with Gasteiger partial charge < -0.3 is 14.5 Å². The molecule has 3 rings (SSSR count). The minimum Gasteiger partial charge on any atom is -0.497 e. The Morgan fingerprint density at radius 3 is 2.70 bits per heavy atom. The van der Waals surface area contributed by atoms with Gasteiger partial charge in [-0.3, -0.25) is 5.10 Å². The van der Waals surface area contributed by atoms with Crippen LogP contribution in [0.2, 0.25) is 0 Å². The van der Waals surface area contributed by atoms with Gasteiger partial charge in [0.05, 0.1) is 13.3 Å². The van der Waals surface area contributed by atoms with Crippen LogP contribution in [-0.2, 0) is 6.42 Å². The second kappa shape index (κ2) is 8.73. The molecule has 0 aliphatic heterocycles. The molecule has 1 radical (unpaired) electrons. The summed E-state index contributed by atoms with van der Waals surface area (Å²) in [7, 11) is 8.02. The minimum atomic E-state index is 0.802. The van der Waals surface area contributed by atoms with E-state index in [9.17, 15) is 0 Å². The molecule has 1 heterocycles. The van der Waals surface area contributed by atoms with Crippen LogP contribution in [0.25, 0.3) is 11.1 Å². The average Bonchev–Trinajstić information content (AvgIpc) is 3.21. The summed E-state index contributed by atoms with van der Waals surface area (Å²) in [6, 6.07) is 15.8. The molecule has 1 N–H and O–H groups in total. The van der Waals surface area contributed by atoms with Gasteiger partial charge >= 0.3 is 0 Å². The molecule has 0 amide bonds. The smallest absolute Gasteiger partial charge is 0.119 e. The molecule has 0 saturated carbocycles. The number of nitrogens with one attached hydrogen (secondary N) is 1. The van der Waals surface area contributed by atoms with E-state index in [1.807, 2.05) is 30.6 Å². The highest BCUT2D eigenvalue weighted by atomic mass is 16.5. The summed E-state index contributed by atoms with van der Waals surface area (Å²) >= 11 is 0. The summed E-state index contributed by atoms with van der Waals surface area (Å²) in [6.45, 7) is 1.92. The fraction of sp³-hybridized carbons (Fsp3) is 0.318. The summed E-state index contributed by atoms with van der Waals surface area (Å²) in [5.74, 6) is 0.875. The molecule has 5 nitrogen and oxygen atoms in total. The number of benzene rings is 2. The number of H-pyrrole nitrogens is 1. The Morgan fingerprint density at radius 2 is 2.00 bits per heavy atom. The quantitative estimate of drug-likeness (QED) is 0.666. The number of aromatic amines is 1. The molecular formula is C22H27N4O. The van der Waals surface area contributed by atoms with Gasteiger partial charge in [-0.1, -0.05) is 24.3 Å². The lowest BCUT2D eigenvalue weighted by molar-refractivity contribution is 0.414. The summed E-state index contributed by atoms with van der Waals surface area (Å²) in [6.07, 6.45) is 4.61. The lowest BCUT2D eigenvalue weighted by atomic mass is 9.94. The van der Waals surface area contributed by atoms with Crippen LogP contribution >= 0.6 is 0 Å².